The molecular weight excluding hydrogens is 441 g/mol. The Kier molecular flexibility index (Phi) is 8.22. The molecule has 0 aromatic heterocycles. The van der Waals surface area contributed by atoms with Gasteiger partial charge in [-0.05, 0) is 72.8 Å². The van der Waals surface area contributed by atoms with Crippen LogP contribution in [0.15, 0.2) is 72.8 Å². The number of hydrogen-bond acceptors (Lipinski definition) is 5. The van der Waals surface area contributed by atoms with Crippen molar-refractivity contribution in [1.82, 2.24) is 0 Å². The second-order valence-corrected chi connectivity index (χ2v) is 12.7. The molecule has 0 aliphatic heterocycles. The van der Waals surface area contributed by atoms with E-state index in [1.165, 1.54) is 22.8 Å². The van der Waals surface area contributed by atoms with Crippen molar-refractivity contribution in [3.63, 3.8) is 0 Å². The number of carbonyl (C=O) groups is 1. The predicted octanol–water partition coefficient (Wildman–Crippen LogP) is 3.74. The molecule has 0 heterocycles. The molecule has 0 spiro atoms. The molecule has 0 saturated heterocycles. The molecule has 3 aromatic carbocycles. The van der Waals surface area contributed by atoms with E-state index < -0.39 is 7.26 Å². The summed E-state index contributed by atoms with van der Waals surface area (Å²) in [6.45, 7) is 1.85. The number of anilines is 3. The number of rotatable bonds is 9. The van der Waals surface area contributed by atoms with Crippen molar-refractivity contribution < 1.29 is 9.53 Å². The van der Waals surface area contributed by atoms with E-state index in [4.69, 9.17) is 4.74 Å². The molecule has 0 N–H and O–H groups in total. The zero-order chi connectivity index (χ0) is 24.9. The lowest BCUT2D eigenvalue weighted by Crippen LogP contribution is -2.35. The van der Waals surface area contributed by atoms with Crippen molar-refractivity contribution in [1.29, 1.82) is 0 Å². The molecule has 0 saturated carbocycles. The number of hydrogen-bond donors (Lipinski definition) is 0. The first-order valence-corrected chi connectivity index (χ1v) is 13.5. The highest BCUT2D eigenvalue weighted by molar-refractivity contribution is 7.95. The van der Waals surface area contributed by atoms with Crippen LogP contribution in [-0.4, -0.2) is 61.0 Å². The highest BCUT2D eigenvalue weighted by atomic mass is 31.2. The first-order valence-electron chi connectivity index (χ1n) is 11.5. The summed E-state index contributed by atoms with van der Waals surface area (Å²) in [6, 6.07) is 26.6. The standard InChI is InChI=1S/C28H37N3O2P/c1-22(32)33-20-21-34(26-14-8-23(9-15-26)29(2)3,27-16-10-24(11-17-27)30(4)5)28-18-12-25(13-19-28)31(6)7/h8-19H,20-21H2,1-7H3/q+1. The van der Waals surface area contributed by atoms with Crippen molar-refractivity contribution >= 4 is 46.2 Å². The first kappa shape index (κ1) is 25.6. The van der Waals surface area contributed by atoms with Crippen LogP contribution in [0.2, 0.25) is 0 Å². The minimum atomic E-state index is -2.09. The monoisotopic (exact) mass is 478 g/mol. The van der Waals surface area contributed by atoms with Crippen LogP contribution in [-0.2, 0) is 9.53 Å². The molecule has 3 aromatic rings. The fourth-order valence-corrected chi connectivity index (χ4v) is 8.18. The summed E-state index contributed by atoms with van der Waals surface area (Å²) >= 11 is 0. The zero-order valence-corrected chi connectivity index (χ0v) is 22.3. The summed E-state index contributed by atoms with van der Waals surface area (Å²) in [5, 5.41) is 3.83. The Bertz CT molecular complexity index is 951. The molecular formula is C28H37N3O2P+. The van der Waals surface area contributed by atoms with E-state index in [0.29, 0.717) is 6.61 Å². The van der Waals surface area contributed by atoms with Crippen LogP contribution in [0.5, 0.6) is 0 Å². The van der Waals surface area contributed by atoms with Crippen LogP contribution < -0.4 is 30.6 Å². The summed E-state index contributed by atoms with van der Waals surface area (Å²) < 4.78 is 5.51. The fourth-order valence-electron chi connectivity index (χ4n) is 4.18. The van der Waals surface area contributed by atoms with Gasteiger partial charge in [-0.2, -0.15) is 0 Å². The number of esters is 1. The summed E-state index contributed by atoms with van der Waals surface area (Å²) in [4.78, 5) is 18.0. The highest BCUT2D eigenvalue weighted by Gasteiger charge is 2.45. The number of ether oxygens (including phenoxy) is 1. The molecule has 0 atom stereocenters. The predicted molar refractivity (Wildman–Crippen MR) is 150 cm³/mol. The number of benzene rings is 3. The summed E-state index contributed by atoms with van der Waals surface area (Å²) in [7, 11) is 10.2. The van der Waals surface area contributed by atoms with Gasteiger partial charge in [0.2, 0.25) is 0 Å². The number of carbonyl (C=O) groups excluding carboxylic acids is 1. The second kappa shape index (κ2) is 10.9. The van der Waals surface area contributed by atoms with Crippen LogP contribution in [0.25, 0.3) is 0 Å². The van der Waals surface area contributed by atoms with Gasteiger partial charge in [0, 0.05) is 66.3 Å². The van der Waals surface area contributed by atoms with E-state index in [9.17, 15) is 4.79 Å². The molecule has 0 aliphatic carbocycles. The van der Waals surface area contributed by atoms with E-state index in [1.807, 2.05) is 0 Å². The summed E-state index contributed by atoms with van der Waals surface area (Å²) in [6.07, 6.45) is 0.747. The minimum Gasteiger partial charge on any atom is -0.462 e. The molecule has 5 nitrogen and oxygen atoms in total. The maximum Gasteiger partial charge on any atom is 0.302 e. The van der Waals surface area contributed by atoms with Gasteiger partial charge in [-0.3, -0.25) is 4.79 Å². The van der Waals surface area contributed by atoms with Crippen molar-refractivity contribution in [3.05, 3.63) is 72.8 Å². The topological polar surface area (TPSA) is 36.0 Å². The molecule has 0 unspecified atom stereocenters. The Morgan fingerprint density at radius 2 is 0.912 bits per heavy atom. The third-order valence-electron chi connectivity index (χ3n) is 6.15. The van der Waals surface area contributed by atoms with Gasteiger partial charge in [-0.1, -0.05) is 0 Å². The minimum absolute atomic E-state index is 0.244. The van der Waals surface area contributed by atoms with Crippen LogP contribution in [0.1, 0.15) is 6.92 Å². The Morgan fingerprint density at radius 3 is 1.15 bits per heavy atom. The summed E-state index contributed by atoms with van der Waals surface area (Å²) in [5.74, 6) is -0.244. The second-order valence-electron chi connectivity index (χ2n) is 9.11. The average molecular weight is 479 g/mol. The Hall–Kier alpha value is -3.04. The smallest absolute Gasteiger partial charge is 0.302 e. The Balaban J connectivity index is 2.24. The molecule has 0 aliphatic rings. The Morgan fingerprint density at radius 1 is 0.618 bits per heavy atom. The van der Waals surface area contributed by atoms with Crippen molar-refractivity contribution in [2.45, 2.75) is 6.92 Å². The Labute approximate surface area is 205 Å². The van der Waals surface area contributed by atoms with Crippen LogP contribution >= 0.6 is 7.26 Å². The maximum atomic E-state index is 11.7. The van der Waals surface area contributed by atoms with E-state index in [0.717, 1.165) is 23.2 Å². The molecule has 34 heavy (non-hydrogen) atoms. The highest BCUT2D eigenvalue weighted by Crippen LogP contribution is 2.55. The fraction of sp³-hybridized carbons (Fsp3) is 0.321. The molecule has 3 rings (SSSR count). The molecule has 0 radical (unpaired) electrons. The molecule has 0 amide bonds. The van der Waals surface area contributed by atoms with E-state index in [2.05, 4.69) is 130 Å². The van der Waals surface area contributed by atoms with Crippen molar-refractivity contribution in [2.24, 2.45) is 0 Å². The SMILES string of the molecule is CC(=O)OCC[P+](c1ccc(N(C)C)cc1)(c1ccc(N(C)C)cc1)c1ccc(N(C)C)cc1. The quantitative estimate of drug-likeness (QED) is 0.346. The third kappa shape index (κ3) is 5.53. The summed E-state index contributed by atoms with van der Waals surface area (Å²) in [5.41, 5.74) is 3.48. The lowest BCUT2D eigenvalue weighted by molar-refractivity contribution is -0.140. The van der Waals surface area contributed by atoms with Gasteiger partial charge in [0.1, 0.15) is 35.9 Å². The zero-order valence-electron chi connectivity index (χ0n) is 21.4. The van der Waals surface area contributed by atoms with Crippen LogP contribution in [0.3, 0.4) is 0 Å². The lowest BCUT2D eigenvalue weighted by atomic mass is 10.3. The van der Waals surface area contributed by atoms with Gasteiger partial charge in [0.25, 0.3) is 0 Å². The van der Waals surface area contributed by atoms with Gasteiger partial charge in [-0.25, -0.2) is 0 Å². The van der Waals surface area contributed by atoms with E-state index >= 15 is 0 Å². The largest absolute Gasteiger partial charge is 0.462 e. The van der Waals surface area contributed by atoms with Gasteiger partial charge in [-0.15, -0.1) is 0 Å². The molecule has 180 valence electrons. The average Bonchev–Trinajstić information content (AvgIpc) is 2.82. The number of nitrogens with zero attached hydrogens (tertiary/aromatic N) is 3. The van der Waals surface area contributed by atoms with Gasteiger partial charge in [0.05, 0.1) is 0 Å². The first-order chi connectivity index (χ1) is 16.1. The van der Waals surface area contributed by atoms with Crippen LogP contribution in [0.4, 0.5) is 17.1 Å². The van der Waals surface area contributed by atoms with E-state index in [-0.39, 0.29) is 5.97 Å². The molecule has 0 fully saturated rings. The van der Waals surface area contributed by atoms with Gasteiger partial charge in [0.15, 0.2) is 0 Å². The van der Waals surface area contributed by atoms with Crippen molar-refractivity contribution in [2.75, 3.05) is 69.8 Å². The van der Waals surface area contributed by atoms with Gasteiger partial charge >= 0.3 is 5.97 Å². The van der Waals surface area contributed by atoms with Gasteiger partial charge < -0.3 is 19.4 Å². The third-order valence-corrected chi connectivity index (χ3v) is 10.5. The maximum absolute atomic E-state index is 11.7. The molecule has 0 bridgehead atoms. The van der Waals surface area contributed by atoms with E-state index in [1.54, 1.807) is 0 Å². The normalized spacial score (nSPS) is 11.1. The van der Waals surface area contributed by atoms with Crippen LogP contribution in [0, 0.1) is 0 Å². The van der Waals surface area contributed by atoms with Crippen molar-refractivity contribution in [3.8, 4) is 0 Å². The lowest BCUT2D eigenvalue weighted by Gasteiger charge is -2.29. The molecule has 6 heteroatoms.